The number of hydrogen-bond acceptors (Lipinski definition) is 6. The molecule has 0 spiro atoms. The standard InChI is InChI=1S/C23H24N2O7/c26-11-19(20(27)28)24-21(29)23(9-10-31-13-23)25-22(30)32-12-18-16-7-3-1-5-14(16)15-6-2-4-8-17(15)18/h1-8,18-19,26H,9-13H2,(H,24,29)(H,25,30)(H,27,28)/t19-,23?/m1/s1. The van der Waals surface area contributed by atoms with Crippen LogP contribution in [0.15, 0.2) is 48.5 Å². The molecule has 9 heteroatoms. The van der Waals surface area contributed by atoms with Crippen LogP contribution >= 0.6 is 0 Å². The van der Waals surface area contributed by atoms with Crippen molar-refractivity contribution in [3.8, 4) is 11.1 Å². The van der Waals surface area contributed by atoms with Gasteiger partial charge in [0.2, 0.25) is 5.91 Å². The largest absolute Gasteiger partial charge is 0.480 e. The first-order chi connectivity index (χ1) is 15.4. The van der Waals surface area contributed by atoms with Gasteiger partial charge in [-0.25, -0.2) is 9.59 Å². The van der Waals surface area contributed by atoms with Crippen molar-refractivity contribution in [3.63, 3.8) is 0 Å². The molecule has 2 atom stereocenters. The van der Waals surface area contributed by atoms with Gasteiger partial charge < -0.3 is 30.3 Å². The number of carboxylic acids is 1. The fourth-order valence-corrected chi connectivity index (χ4v) is 4.21. The number of benzene rings is 2. The third kappa shape index (κ3) is 4.04. The highest BCUT2D eigenvalue weighted by atomic mass is 16.6. The van der Waals surface area contributed by atoms with Crippen LogP contribution in [0.4, 0.5) is 4.79 Å². The van der Waals surface area contributed by atoms with Crippen LogP contribution < -0.4 is 10.6 Å². The Hall–Kier alpha value is -3.43. The van der Waals surface area contributed by atoms with E-state index in [1.165, 1.54) is 0 Å². The summed E-state index contributed by atoms with van der Waals surface area (Å²) in [4.78, 5) is 36.5. The maximum Gasteiger partial charge on any atom is 0.408 e. The van der Waals surface area contributed by atoms with E-state index in [0.29, 0.717) is 0 Å². The van der Waals surface area contributed by atoms with E-state index in [2.05, 4.69) is 10.6 Å². The van der Waals surface area contributed by atoms with E-state index in [1.807, 2.05) is 48.5 Å². The summed E-state index contributed by atoms with van der Waals surface area (Å²) in [7, 11) is 0. The number of hydrogen-bond donors (Lipinski definition) is 4. The molecule has 1 unspecified atom stereocenters. The molecular formula is C23H24N2O7. The van der Waals surface area contributed by atoms with Gasteiger partial charge in [-0.15, -0.1) is 0 Å². The van der Waals surface area contributed by atoms with Crippen LogP contribution in [0.1, 0.15) is 23.5 Å². The van der Waals surface area contributed by atoms with Crippen molar-refractivity contribution in [1.29, 1.82) is 0 Å². The van der Waals surface area contributed by atoms with Gasteiger partial charge in [0.05, 0.1) is 13.2 Å². The second-order valence-corrected chi connectivity index (χ2v) is 7.88. The van der Waals surface area contributed by atoms with Gasteiger partial charge in [0.1, 0.15) is 18.2 Å². The minimum Gasteiger partial charge on any atom is -0.480 e. The summed E-state index contributed by atoms with van der Waals surface area (Å²) in [5, 5.41) is 23.1. The Morgan fingerprint density at radius 2 is 1.72 bits per heavy atom. The third-order valence-corrected chi connectivity index (χ3v) is 5.93. The molecule has 1 fully saturated rings. The van der Waals surface area contributed by atoms with Crippen LogP contribution in [0.5, 0.6) is 0 Å². The van der Waals surface area contributed by atoms with Crippen molar-refractivity contribution in [2.75, 3.05) is 26.4 Å². The van der Waals surface area contributed by atoms with E-state index in [1.54, 1.807) is 0 Å². The molecular weight excluding hydrogens is 416 g/mol. The normalized spacial score (nSPS) is 20.2. The molecule has 2 aromatic rings. The summed E-state index contributed by atoms with van der Waals surface area (Å²) < 4.78 is 10.8. The molecule has 0 saturated carbocycles. The van der Waals surface area contributed by atoms with Crippen molar-refractivity contribution < 1.29 is 34.1 Å². The minimum atomic E-state index is -1.48. The van der Waals surface area contributed by atoms with Crippen LogP contribution in [-0.4, -0.2) is 66.2 Å². The number of aliphatic hydroxyl groups is 1. The Bertz CT molecular complexity index is 987. The highest BCUT2D eigenvalue weighted by Crippen LogP contribution is 2.44. The lowest BCUT2D eigenvalue weighted by molar-refractivity contribution is -0.144. The zero-order valence-electron chi connectivity index (χ0n) is 17.2. The Morgan fingerprint density at radius 1 is 1.09 bits per heavy atom. The van der Waals surface area contributed by atoms with E-state index < -0.39 is 36.2 Å². The molecule has 0 aromatic heterocycles. The summed E-state index contributed by atoms with van der Waals surface area (Å²) in [6.07, 6.45) is -0.649. The van der Waals surface area contributed by atoms with Gasteiger partial charge in [0.15, 0.2) is 0 Å². The van der Waals surface area contributed by atoms with Gasteiger partial charge in [-0.1, -0.05) is 48.5 Å². The average Bonchev–Trinajstić information content (AvgIpc) is 3.39. The maximum atomic E-state index is 12.7. The fourth-order valence-electron chi connectivity index (χ4n) is 4.21. The van der Waals surface area contributed by atoms with Crippen LogP contribution in [0, 0.1) is 0 Å². The van der Waals surface area contributed by atoms with Gasteiger partial charge in [-0.05, 0) is 22.3 Å². The van der Waals surface area contributed by atoms with E-state index >= 15 is 0 Å². The van der Waals surface area contributed by atoms with Crippen molar-refractivity contribution in [2.45, 2.75) is 23.9 Å². The number of aliphatic carboxylic acids is 1. The quantitative estimate of drug-likeness (QED) is 0.509. The summed E-state index contributed by atoms with van der Waals surface area (Å²) in [5.41, 5.74) is 2.85. The maximum absolute atomic E-state index is 12.7. The summed E-state index contributed by atoms with van der Waals surface area (Å²) in [5.74, 6) is -2.26. The molecule has 32 heavy (non-hydrogen) atoms. The number of alkyl carbamates (subject to hydrolysis) is 1. The van der Waals surface area contributed by atoms with E-state index in [-0.39, 0.29) is 32.2 Å². The lowest BCUT2D eigenvalue weighted by Crippen LogP contribution is -2.62. The molecule has 168 valence electrons. The summed E-state index contributed by atoms with van der Waals surface area (Å²) in [6.45, 7) is -0.607. The van der Waals surface area contributed by atoms with E-state index in [0.717, 1.165) is 22.3 Å². The molecule has 4 rings (SSSR count). The molecule has 9 nitrogen and oxygen atoms in total. The number of ether oxygens (including phenoxy) is 2. The van der Waals surface area contributed by atoms with Gasteiger partial charge in [-0.3, -0.25) is 4.79 Å². The molecule has 1 saturated heterocycles. The van der Waals surface area contributed by atoms with Gasteiger partial charge in [0.25, 0.3) is 0 Å². The molecule has 2 amide bonds. The number of carbonyl (C=O) groups is 3. The van der Waals surface area contributed by atoms with E-state index in [9.17, 15) is 19.5 Å². The predicted octanol–water partition coefficient (Wildman–Crippen LogP) is 1.25. The molecule has 0 radical (unpaired) electrons. The van der Waals surface area contributed by atoms with Gasteiger partial charge in [0, 0.05) is 18.9 Å². The van der Waals surface area contributed by atoms with Crippen molar-refractivity contribution in [2.24, 2.45) is 0 Å². The number of rotatable bonds is 7. The number of nitrogens with one attached hydrogen (secondary N) is 2. The molecule has 0 bridgehead atoms. The second kappa shape index (κ2) is 8.97. The Kier molecular flexibility index (Phi) is 6.11. The van der Waals surface area contributed by atoms with Gasteiger partial charge >= 0.3 is 12.1 Å². The number of carbonyl (C=O) groups excluding carboxylic acids is 2. The van der Waals surface area contributed by atoms with Crippen molar-refractivity contribution >= 4 is 18.0 Å². The second-order valence-electron chi connectivity index (χ2n) is 7.88. The Morgan fingerprint density at radius 3 is 2.25 bits per heavy atom. The first kappa shape index (κ1) is 21.8. The number of amides is 2. The fraction of sp³-hybridized carbons (Fsp3) is 0.348. The monoisotopic (exact) mass is 440 g/mol. The zero-order chi connectivity index (χ0) is 22.7. The highest BCUT2D eigenvalue weighted by Gasteiger charge is 2.45. The SMILES string of the molecule is O=C(NC1(C(=O)N[C@H](CO)C(=O)O)CCOC1)OCC1c2ccccc2-c2ccccc21. The zero-order valence-corrected chi connectivity index (χ0v) is 17.2. The molecule has 2 aromatic carbocycles. The lowest BCUT2D eigenvalue weighted by Gasteiger charge is -2.28. The first-order valence-electron chi connectivity index (χ1n) is 10.3. The van der Waals surface area contributed by atoms with Crippen molar-refractivity contribution in [1.82, 2.24) is 10.6 Å². The van der Waals surface area contributed by atoms with Crippen LogP contribution in [-0.2, 0) is 19.1 Å². The predicted molar refractivity (Wildman–Crippen MR) is 113 cm³/mol. The van der Waals surface area contributed by atoms with Crippen LogP contribution in [0.3, 0.4) is 0 Å². The van der Waals surface area contributed by atoms with Gasteiger partial charge in [-0.2, -0.15) is 0 Å². The minimum absolute atomic E-state index is 0.0762. The number of fused-ring (bicyclic) bond motifs is 3. The topological polar surface area (TPSA) is 134 Å². The summed E-state index contributed by atoms with van der Waals surface area (Å²) >= 11 is 0. The highest BCUT2D eigenvalue weighted by molar-refractivity contribution is 5.93. The van der Waals surface area contributed by atoms with Crippen LogP contribution in [0.2, 0.25) is 0 Å². The number of carboxylic acid groups (broad SMARTS) is 1. The first-order valence-corrected chi connectivity index (χ1v) is 10.3. The molecule has 4 N–H and O–H groups in total. The van der Waals surface area contributed by atoms with E-state index in [4.69, 9.17) is 14.6 Å². The smallest absolute Gasteiger partial charge is 0.408 e. The average molecular weight is 440 g/mol. The lowest BCUT2D eigenvalue weighted by atomic mass is 9.97. The number of aliphatic hydroxyl groups excluding tert-OH is 1. The summed E-state index contributed by atoms with van der Waals surface area (Å²) in [6, 6.07) is 14.4. The Labute approximate surface area is 184 Å². The molecule has 1 heterocycles. The molecule has 1 aliphatic heterocycles. The molecule has 2 aliphatic rings. The Balaban J connectivity index is 1.45. The van der Waals surface area contributed by atoms with Crippen LogP contribution in [0.25, 0.3) is 11.1 Å². The van der Waals surface area contributed by atoms with Crippen molar-refractivity contribution in [3.05, 3.63) is 59.7 Å². The molecule has 1 aliphatic carbocycles. The third-order valence-electron chi connectivity index (χ3n) is 5.93.